The molecule has 90 valence electrons. The van der Waals surface area contributed by atoms with Crippen LogP contribution < -0.4 is 4.90 Å². The molecule has 0 saturated heterocycles. The van der Waals surface area contributed by atoms with Crippen molar-refractivity contribution in [1.29, 1.82) is 0 Å². The minimum absolute atomic E-state index is 0.301. The highest BCUT2D eigenvalue weighted by atomic mass is 79.9. The Morgan fingerprint density at radius 3 is 2.76 bits per heavy atom. The summed E-state index contributed by atoms with van der Waals surface area (Å²) in [7, 11) is 3.76. The molecule has 0 aliphatic heterocycles. The average Bonchev–Trinajstić information content (AvgIpc) is 2.71. The Balaban J connectivity index is 2.19. The molecule has 0 saturated carbocycles. The highest BCUT2D eigenvalue weighted by Crippen LogP contribution is 2.33. The van der Waals surface area contributed by atoms with Gasteiger partial charge in [0.15, 0.2) is 10.2 Å². The van der Waals surface area contributed by atoms with E-state index in [0.29, 0.717) is 13.8 Å². The van der Waals surface area contributed by atoms with Crippen molar-refractivity contribution < 1.29 is 4.39 Å². The number of anilines is 1. The van der Waals surface area contributed by atoms with Crippen molar-refractivity contribution in [2.45, 2.75) is 9.37 Å². The molecule has 2 aromatic rings. The van der Waals surface area contributed by atoms with Crippen LogP contribution in [0.15, 0.2) is 26.1 Å². The molecule has 0 amide bonds. The molecule has 0 radical (unpaired) electrons. The molecule has 0 N–H and O–H groups in total. The largest absolute Gasteiger partial charge is 0.353 e. The van der Waals surface area contributed by atoms with Crippen LogP contribution >= 0.6 is 39.0 Å². The van der Waals surface area contributed by atoms with E-state index in [2.05, 4.69) is 31.1 Å². The standard InChI is InChI=1S/C9H8BrFN4S2/c1-15(2)8-13-14-9(17-8)16-7-6(11)3-5(10)4-12-7/h3-4H,1-2H3. The fourth-order valence-corrected chi connectivity index (χ4v) is 2.93. The number of hydrogen-bond acceptors (Lipinski definition) is 6. The second kappa shape index (κ2) is 5.28. The number of nitrogens with zero attached hydrogens (tertiary/aromatic N) is 4. The monoisotopic (exact) mass is 334 g/mol. The lowest BCUT2D eigenvalue weighted by molar-refractivity contribution is 0.586. The Kier molecular flexibility index (Phi) is 3.95. The highest BCUT2D eigenvalue weighted by Gasteiger charge is 2.11. The SMILES string of the molecule is CN(C)c1nnc(Sc2ncc(Br)cc2F)s1. The molecular weight excluding hydrogens is 327 g/mol. The van der Waals surface area contributed by atoms with E-state index in [1.807, 2.05) is 19.0 Å². The number of rotatable bonds is 3. The lowest BCUT2D eigenvalue weighted by Gasteiger charge is -2.03. The number of pyridine rings is 1. The van der Waals surface area contributed by atoms with Crippen LogP contribution in [0.5, 0.6) is 0 Å². The molecule has 2 heterocycles. The maximum atomic E-state index is 13.5. The lowest BCUT2D eigenvalue weighted by Crippen LogP contribution is -2.07. The van der Waals surface area contributed by atoms with Crippen LogP contribution in [0.4, 0.5) is 9.52 Å². The summed E-state index contributed by atoms with van der Waals surface area (Å²) in [6.07, 6.45) is 1.55. The minimum atomic E-state index is -0.369. The van der Waals surface area contributed by atoms with Gasteiger partial charge in [-0.25, -0.2) is 9.37 Å². The normalized spacial score (nSPS) is 10.6. The Morgan fingerprint density at radius 1 is 1.41 bits per heavy atom. The Bertz CT molecular complexity index is 531. The zero-order valence-corrected chi connectivity index (χ0v) is 12.2. The highest BCUT2D eigenvalue weighted by molar-refractivity contribution is 9.10. The van der Waals surface area contributed by atoms with Crippen molar-refractivity contribution in [1.82, 2.24) is 15.2 Å². The predicted molar refractivity (Wildman–Crippen MR) is 70.3 cm³/mol. The topological polar surface area (TPSA) is 41.9 Å². The van der Waals surface area contributed by atoms with Gasteiger partial charge in [0.2, 0.25) is 5.13 Å². The molecule has 0 spiro atoms. The summed E-state index contributed by atoms with van der Waals surface area (Å²) in [5.74, 6) is -0.369. The van der Waals surface area contributed by atoms with Gasteiger partial charge < -0.3 is 4.90 Å². The van der Waals surface area contributed by atoms with E-state index in [1.165, 1.54) is 29.2 Å². The minimum Gasteiger partial charge on any atom is -0.353 e. The van der Waals surface area contributed by atoms with Crippen LogP contribution in [0, 0.1) is 5.82 Å². The quantitative estimate of drug-likeness (QED) is 0.862. The summed E-state index contributed by atoms with van der Waals surface area (Å²) >= 11 is 5.73. The number of halogens is 2. The van der Waals surface area contributed by atoms with Gasteiger partial charge in [0, 0.05) is 24.8 Å². The van der Waals surface area contributed by atoms with Gasteiger partial charge in [-0.2, -0.15) is 0 Å². The van der Waals surface area contributed by atoms with Crippen molar-refractivity contribution in [2.24, 2.45) is 0 Å². The summed E-state index contributed by atoms with van der Waals surface area (Å²) in [5.41, 5.74) is 0. The van der Waals surface area contributed by atoms with Gasteiger partial charge in [-0.15, -0.1) is 10.2 Å². The van der Waals surface area contributed by atoms with Crippen molar-refractivity contribution in [3.63, 3.8) is 0 Å². The predicted octanol–water partition coefficient (Wildman–Crippen LogP) is 3.05. The third kappa shape index (κ3) is 3.14. The van der Waals surface area contributed by atoms with Gasteiger partial charge in [0.05, 0.1) is 0 Å². The molecule has 0 aliphatic rings. The van der Waals surface area contributed by atoms with E-state index >= 15 is 0 Å². The summed E-state index contributed by atoms with van der Waals surface area (Å²) < 4.78 is 14.8. The van der Waals surface area contributed by atoms with Crippen LogP contribution in [0.25, 0.3) is 0 Å². The van der Waals surface area contributed by atoms with Crippen molar-refractivity contribution in [3.05, 3.63) is 22.6 Å². The van der Waals surface area contributed by atoms with Gasteiger partial charge in [-0.3, -0.25) is 0 Å². The summed E-state index contributed by atoms with van der Waals surface area (Å²) in [6.45, 7) is 0. The first-order valence-electron chi connectivity index (χ1n) is 4.56. The molecule has 0 aliphatic carbocycles. The summed E-state index contributed by atoms with van der Waals surface area (Å²) in [4.78, 5) is 5.85. The summed E-state index contributed by atoms with van der Waals surface area (Å²) in [6, 6.07) is 1.38. The van der Waals surface area contributed by atoms with Gasteiger partial charge in [-0.05, 0) is 33.8 Å². The molecule has 0 aromatic carbocycles. The first-order chi connectivity index (χ1) is 8.06. The summed E-state index contributed by atoms with van der Waals surface area (Å²) in [5, 5.41) is 9.02. The van der Waals surface area contributed by atoms with Gasteiger partial charge in [-0.1, -0.05) is 11.3 Å². The van der Waals surface area contributed by atoms with Gasteiger partial charge in [0.25, 0.3) is 0 Å². The number of aromatic nitrogens is 3. The molecule has 0 fully saturated rings. The first kappa shape index (κ1) is 12.7. The first-order valence-corrected chi connectivity index (χ1v) is 6.98. The average molecular weight is 335 g/mol. The van der Waals surface area contributed by atoms with Crippen molar-refractivity contribution >= 4 is 44.2 Å². The molecule has 2 rings (SSSR count). The third-order valence-electron chi connectivity index (χ3n) is 1.74. The van der Waals surface area contributed by atoms with Crippen molar-refractivity contribution in [3.8, 4) is 0 Å². The van der Waals surface area contributed by atoms with Crippen LogP contribution in [-0.4, -0.2) is 29.3 Å². The molecule has 4 nitrogen and oxygen atoms in total. The van der Waals surface area contributed by atoms with Crippen LogP contribution in [0.2, 0.25) is 0 Å². The van der Waals surface area contributed by atoms with Gasteiger partial charge in [0.1, 0.15) is 5.03 Å². The van der Waals surface area contributed by atoms with Crippen LogP contribution in [-0.2, 0) is 0 Å². The van der Waals surface area contributed by atoms with E-state index in [-0.39, 0.29) is 5.82 Å². The zero-order valence-electron chi connectivity index (χ0n) is 9.02. The van der Waals surface area contributed by atoms with Crippen molar-refractivity contribution in [2.75, 3.05) is 19.0 Å². The molecule has 2 aromatic heterocycles. The van der Waals surface area contributed by atoms with E-state index < -0.39 is 0 Å². The van der Waals surface area contributed by atoms with E-state index in [0.717, 1.165) is 5.13 Å². The van der Waals surface area contributed by atoms with E-state index in [9.17, 15) is 4.39 Å². The molecule has 0 bridgehead atoms. The molecule has 17 heavy (non-hydrogen) atoms. The van der Waals surface area contributed by atoms with E-state index in [4.69, 9.17) is 0 Å². The van der Waals surface area contributed by atoms with Crippen LogP contribution in [0.3, 0.4) is 0 Å². The lowest BCUT2D eigenvalue weighted by atomic mass is 10.5. The molecular formula is C9H8BrFN4S2. The Hall–Kier alpha value is -0.730. The molecule has 8 heteroatoms. The Labute approximate surface area is 114 Å². The van der Waals surface area contributed by atoms with Gasteiger partial charge >= 0.3 is 0 Å². The zero-order chi connectivity index (χ0) is 12.4. The second-order valence-corrected chi connectivity index (χ2v) is 6.40. The Morgan fingerprint density at radius 2 is 2.18 bits per heavy atom. The van der Waals surface area contributed by atoms with Crippen LogP contribution in [0.1, 0.15) is 0 Å². The smallest absolute Gasteiger partial charge is 0.208 e. The van der Waals surface area contributed by atoms with E-state index in [1.54, 1.807) is 6.20 Å². The maximum absolute atomic E-state index is 13.5. The molecule has 0 unspecified atom stereocenters. The number of hydrogen-bond donors (Lipinski definition) is 0. The fourth-order valence-electron chi connectivity index (χ4n) is 0.984. The maximum Gasteiger partial charge on any atom is 0.208 e. The second-order valence-electron chi connectivity index (χ2n) is 3.29. The molecule has 0 atom stereocenters. The fraction of sp³-hybridized carbons (Fsp3) is 0.222. The third-order valence-corrected chi connectivity index (χ3v) is 4.31.